The molecule has 0 bridgehead atoms. The standard InChI is InChI=1S/C14H7F3N4O8/c15-14(16,17)29-9-3-1-7(2-4-9)18-13(22)12-10(20(25)26)5-8(19(23)24)6-11(12)21(27)28/h1-6H,(H,18,22). The number of carbonyl (C=O) groups is 1. The minimum Gasteiger partial charge on any atom is -0.406 e. The second-order valence-electron chi connectivity index (χ2n) is 5.16. The third-order valence-electron chi connectivity index (χ3n) is 3.26. The van der Waals surface area contributed by atoms with Crippen LogP contribution in [0.1, 0.15) is 10.4 Å². The second kappa shape index (κ2) is 7.75. The second-order valence-corrected chi connectivity index (χ2v) is 5.16. The molecule has 0 fully saturated rings. The Kier molecular flexibility index (Phi) is 5.61. The number of nitrogens with one attached hydrogen (secondary N) is 1. The number of non-ortho nitro benzene ring substituents is 1. The van der Waals surface area contributed by atoms with Crippen molar-refractivity contribution in [2.24, 2.45) is 0 Å². The third-order valence-corrected chi connectivity index (χ3v) is 3.26. The number of nitrogens with zero attached hydrogens (tertiary/aromatic N) is 3. The Morgan fingerprint density at radius 3 is 1.76 bits per heavy atom. The van der Waals surface area contributed by atoms with Crippen molar-refractivity contribution < 1.29 is 37.5 Å². The van der Waals surface area contributed by atoms with Gasteiger partial charge in [-0.05, 0) is 24.3 Å². The number of nitro benzene ring substituents is 3. The van der Waals surface area contributed by atoms with E-state index in [-0.39, 0.29) is 5.69 Å². The molecule has 0 saturated carbocycles. The van der Waals surface area contributed by atoms with Gasteiger partial charge in [-0.1, -0.05) is 0 Å². The summed E-state index contributed by atoms with van der Waals surface area (Å²) in [6.45, 7) is 0. The number of halogens is 3. The van der Waals surface area contributed by atoms with E-state index < -0.39 is 55.4 Å². The lowest BCUT2D eigenvalue weighted by molar-refractivity contribution is -0.403. The minimum absolute atomic E-state index is 0.175. The SMILES string of the molecule is O=C(Nc1ccc(OC(F)(F)F)cc1)c1c([N+](=O)[O-])cc([N+](=O)[O-])cc1[N+](=O)[O-]. The molecule has 0 aliphatic rings. The van der Waals surface area contributed by atoms with Gasteiger partial charge in [0.1, 0.15) is 5.75 Å². The lowest BCUT2D eigenvalue weighted by Crippen LogP contribution is -2.18. The first-order valence-electron chi connectivity index (χ1n) is 7.17. The van der Waals surface area contributed by atoms with Crippen LogP contribution in [0, 0.1) is 30.3 Å². The van der Waals surface area contributed by atoms with Crippen LogP contribution >= 0.6 is 0 Å². The van der Waals surface area contributed by atoms with Crippen molar-refractivity contribution >= 4 is 28.7 Å². The average Bonchev–Trinajstić information content (AvgIpc) is 2.60. The Balaban J connectivity index is 2.43. The normalized spacial score (nSPS) is 10.9. The third kappa shape index (κ3) is 5.12. The van der Waals surface area contributed by atoms with Crippen LogP contribution in [0.15, 0.2) is 36.4 Å². The fourth-order valence-electron chi connectivity index (χ4n) is 2.16. The van der Waals surface area contributed by atoms with Crippen LogP contribution in [0.4, 0.5) is 35.9 Å². The van der Waals surface area contributed by atoms with Gasteiger partial charge < -0.3 is 10.1 Å². The molecule has 1 N–H and O–H groups in total. The highest BCUT2D eigenvalue weighted by Gasteiger charge is 2.35. The summed E-state index contributed by atoms with van der Waals surface area (Å²) in [5.74, 6) is -1.99. The van der Waals surface area contributed by atoms with Crippen LogP contribution in [0.5, 0.6) is 5.75 Å². The highest BCUT2D eigenvalue weighted by molar-refractivity contribution is 6.10. The zero-order chi connectivity index (χ0) is 21.9. The number of nitro groups is 3. The molecular weight excluding hydrogens is 409 g/mol. The molecule has 2 aromatic rings. The number of anilines is 1. The van der Waals surface area contributed by atoms with Gasteiger partial charge in [-0.15, -0.1) is 13.2 Å². The summed E-state index contributed by atoms with van der Waals surface area (Å²) in [6, 6.07) is 4.29. The van der Waals surface area contributed by atoms with Gasteiger partial charge in [-0.2, -0.15) is 0 Å². The van der Waals surface area contributed by atoms with Crippen molar-refractivity contribution in [3.8, 4) is 5.75 Å². The summed E-state index contributed by atoms with van der Waals surface area (Å²) in [4.78, 5) is 42.0. The van der Waals surface area contributed by atoms with E-state index in [1.54, 1.807) is 0 Å². The number of amides is 1. The first kappa shape index (κ1) is 21.0. The predicted molar refractivity (Wildman–Crippen MR) is 87.5 cm³/mol. The maximum absolute atomic E-state index is 12.4. The Morgan fingerprint density at radius 2 is 1.38 bits per heavy atom. The van der Waals surface area contributed by atoms with E-state index in [1.165, 1.54) is 0 Å². The van der Waals surface area contributed by atoms with Gasteiger partial charge in [-0.3, -0.25) is 35.1 Å². The number of rotatable bonds is 6. The molecule has 2 aromatic carbocycles. The summed E-state index contributed by atoms with van der Waals surface area (Å²) in [7, 11) is 0. The van der Waals surface area contributed by atoms with Crippen LogP contribution in [0.2, 0.25) is 0 Å². The van der Waals surface area contributed by atoms with Crippen LogP contribution in [-0.2, 0) is 0 Å². The summed E-state index contributed by atoms with van der Waals surface area (Å²) < 4.78 is 40.0. The van der Waals surface area contributed by atoms with Gasteiger partial charge in [0.25, 0.3) is 23.0 Å². The minimum atomic E-state index is -4.95. The molecule has 12 nitrogen and oxygen atoms in total. The zero-order valence-corrected chi connectivity index (χ0v) is 13.7. The molecular formula is C14H7F3N4O8. The van der Waals surface area contributed by atoms with E-state index in [0.717, 1.165) is 24.3 Å². The molecule has 0 unspecified atom stereocenters. The summed E-state index contributed by atoms with van der Waals surface area (Å²) in [5.41, 5.74) is -4.61. The molecule has 0 aromatic heterocycles. The molecule has 152 valence electrons. The molecule has 0 aliphatic carbocycles. The van der Waals surface area contributed by atoms with E-state index in [4.69, 9.17) is 0 Å². The number of alkyl halides is 3. The summed E-state index contributed by atoms with van der Waals surface area (Å²) >= 11 is 0. The van der Waals surface area contributed by atoms with E-state index in [0.29, 0.717) is 12.1 Å². The number of hydrogen-bond acceptors (Lipinski definition) is 8. The van der Waals surface area contributed by atoms with Crippen molar-refractivity contribution in [3.63, 3.8) is 0 Å². The molecule has 0 heterocycles. The number of benzene rings is 2. The lowest BCUT2D eigenvalue weighted by atomic mass is 10.1. The van der Waals surface area contributed by atoms with Crippen molar-refractivity contribution in [2.75, 3.05) is 5.32 Å². The first-order valence-corrected chi connectivity index (χ1v) is 7.17. The zero-order valence-electron chi connectivity index (χ0n) is 13.7. The summed E-state index contributed by atoms with van der Waals surface area (Å²) in [6.07, 6.45) is -4.95. The lowest BCUT2D eigenvalue weighted by Gasteiger charge is -2.10. The molecule has 29 heavy (non-hydrogen) atoms. The Hall–Kier alpha value is -4.30. The van der Waals surface area contributed by atoms with Crippen LogP contribution < -0.4 is 10.1 Å². The van der Waals surface area contributed by atoms with Gasteiger partial charge in [0.15, 0.2) is 5.56 Å². The molecule has 2 rings (SSSR count). The Labute approximate surface area is 156 Å². The van der Waals surface area contributed by atoms with Gasteiger partial charge in [-0.25, -0.2) is 0 Å². The number of ether oxygens (including phenoxy) is 1. The van der Waals surface area contributed by atoms with Crippen LogP contribution in [-0.4, -0.2) is 27.0 Å². The first-order chi connectivity index (χ1) is 13.4. The fourth-order valence-corrected chi connectivity index (χ4v) is 2.16. The van der Waals surface area contributed by atoms with Crippen molar-refractivity contribution in [1.82, 2.24) is 0 Å². The fraction of sp³-hybridized carbons (Fsp3) is 0.0714. The highest BCUT2D eigenvalue weighted by atomic mass is 19.4. The molecule has 0 saturated heterocycles. The van der Waals surface area contributed by atoms with E-state index in [2.05, 4.69) is 4.74 Å². The smallest absolute Gasteiger partial charge is 0.406 e. The number of hydrogen-bond donors (Lipinski definition) is 1. The number of carbonyl (C=O) groups excluding carboxylic acids is 1. The maximum atomic E-state index is 12.4. The molecule has 0 radical (unpaired) electrons. The molecule has 1 amide bonds. The quantitative estimate of drug-likeness (QED) is 0.551. The Morgan fingerprint density at radius 1 is 0.897 bits per heavy atom. The van der Waals surface area contributed by atoms with Gasteiger partial charge in [0.2, 0.25) is 0 Å². The van der Waals surface area contributed by atoms with Crippen LogP contribution in [0.25, 0.3) is 0 Å². The average molecular weight is 416 g/mol. The molecule has 0 aliphatic heterocycles. The highest BCUT2D eigenvalue weighted by Crippen LogP contribution is 2.34. The largest absolute Gasteiger partial charge is 0.573 e. The predicted octanol–water partition coefficient (Wildman–Crippen LogP) is 3.56. The van der Waals surface area contributed by atoms with E-state index in [1.807, 2.05) is 5.32 Å². The maximum Gasteiger partial charge on any atom is 0.573 e. The van der Waals surface area contributed by atoms with Crippen molar-refractivity contribution in [1.29, 1.82) is 0 Å². The van der Waals surface area contributed by atoms with Gasteiger partial charge in [0, 0.05) is 5.69 Å². The van der Waals surface area contributed by atoms with Crippen LogP contribution in [0.3, 0.4) is 0 Å². The van der Waals surface area contributed by atoms with Crippen molar-refractivity contribution in [2.45, 2.75) is 6.36 Å². The van der Waals surface area contributed by atoms with E-state index in [9.17, 15) is 48.3 Å². The monoisotopic (exact) mass is 416 g/mol. The molecule has 15 heteroatoms. The van der Waals surface area contributed by atoms with Gasteiger partial charge >= 0.3 is 6.36 Å². The van der Waals surface area contributed by atoms with E-state index >= 15 is 0 Å². The van der Waals surface area contributed by atoms with Crippen molar-refractivity contribution in [3.05, 3.63) is 72.3 Å². The summed E-state index contributed by atoms with van der Waals surface area (Å²) in [5, 5.41) is 35.2. The molecule has 0 spiro atoms. The molecule has 0 atom stereocenters. The Bertz CT molecular complexity index is 972. The topological polar surface area (TPSA) is 168 Å². The van der Waals surface area contributed by atoms with Gasteiger partial charge in [0.05, 0.1) is 26.9 Å².